The second kappa shape index (κ2) is 12.0. The van der Waals surface area contributed by atoms with Crippen molar-refractivity contribution < 1.29 is 23.5 Å². The Labute approximate surface area is 227 Å². The average Bonchev–Trinajstić information content (AvgIpc) is 2.89. The number of esters is 1. The van der Waals surface area contributed by atoms with Gasteiger partial charge in [-0.15, -0.1) is 0 Å². The molecule has 10 heteroatoms. The summed E-state index contributed by atoms with van der Waals surface area (Å²) in [5.41, 5.74) is 1.70. The van der Waals surface area contributed by atoms with Gasteiger partial charge < -0.3 is 15.0 Å². The lowest BCUT2D eigenvalue weighted by Crippen LogP contribution is -2.56. The van der Waals surface area contributed by atoms with Crippen LogP contribution in [0.1, 0.15) is 42.7 Å². The van der Waals surface area contributed by atoms with Crippen LogP contribution >= 0.6 is 11.6 Å². The summed E-state index contributed by atoms with van der Waals surface area (Å²) in [6.45, 7) is 7.73. The van der Waals surface area contributed by atoms with E-state index in [-0.39, 0.29) is 30.2 Å². The van der Waals surface area contributed by atoms with Crippen LogP contribution in [-0.4, -0.2) is 78.0 Å². The molecule has 0 radical (unpaired) electrons. The van der Waals surface area contributed by atoms with Gasteiger partial charge in [-0.1, -0.05) is 35.9 Å². The summed E-state index contributed by atoms with van der Waals surface area (Å²) in [7, 11) is 0. The SMILES string of the molecule is CCOC(=O)C1=C(CN2CCN(C(=O)c3ccccc3F)C(C)C2)N(CC)C(=O)NC1c1ccc(Cl)cc1. The van der Waals surface area contributed by atoms with E-state index in [0.717, 1.165) is 0 Å². The normalized spacial score (nSPS) is 20.4. The Balaban J connectivity index is 1.63. The van der Waals surface area contributed by atoms with E-state index in [1.54, 1.807) is 53.1 Å². The van der Waals surface area contributed by atoms with Gasteiger partial charge in [0.15, 0.2) is 0 Å². The molecule has 38 heavy (non-hydrogen) atoms. The number of benzene rings is 2. The molecule has 0 aromatic heterocycles. The van der Waals surface area contributed by atoms with Crippen LogP contribution in [0.3, 0.4) is 0 Å². The van der Waals surface area contributed by atoms with Crippen molar-refractivity contribution in [2.75, 3.05) is 39.3 Å². The summed E-state index contributed by atoms with van der Waals surface area (Å²) >= 11 is 6.07. The van der Waals surface area contributed by atoms with E-state index < -0.39 is 17.8 Å². The van der Waals surface area contributed by atoms with Crippen molar-refractivity contribution in [3.63, 3.8) is 0 Å². The van der Waals surface area contributed by atoms with E-state index in [9.17, 15) is 18.8 Å². The number of hydrogen-bond donors (Lipinski definition) is 1. The highest BCUT2D eigenvalue weighted by atomic mass is 35.5. The highest BCUT2D eigenvalue weighted by molar-refractivity contribution is 6.30. The van der Waals surface area contributed by atoms with Gasteiger partial charge in [-0.2, -0.15) is 0 Å². The number of nitrogens with zero attached hydrogens (tertiary/aromatic N) is 3. The number of rotatable bonds is 7. The minimum atomic E-state index is -0.696. The minimum Gasteiger partial charge on any atom is -0.463 e. The largest absolute Gasteiger partial charge is 0.463 e. The summed E-state index contributed by atoms with van der Waals surface area (Å²) in [4.78, 5) is 44.8. The van der Waals surface area contributed by atoms with E-state index in [4.69, 9.17) is 16.3 Å². The molecule has 2 unspecified atom stereocenters. The number of carbonyl (C=O) groups is 3. The first kappa shape index (κ1) is 27.6. The molecule has 4 rings (SSSR count). The van der Waals surface area contributed by atoms with Crippen LogP contribution in [-0.2, 0) is 9.53 Å². The maximum Gasteiger partial charge on any atom is 0.338 e. The lowest BCUT2D eigenvalue weighted by atomic mass is 9.94. The first-order chi connectivity index (χ1) is 18.2. The molecule has 2 aromatic rings. The average molecular weight is 543 g/mol. The van der Waals surface area contributed by atoms with E-state index in [2.05, 4.69) is 10.2 Å². The predicted molar refractivity (Wildman–Crippen MR) is 142 cm³/mol. The zero-order chi connectivity index (χ0) is 27.4. The van der Waals surface area contributed by atoms with Gasteiger partial charge in [-0.3, -0.25) is 14.6 Å². The van der Waals surface area contributed by atoms with Gasteiger partial charge in [-0.05, 0) is 50.6 Å². The van der Waals surface area contributed by atoms with Gasteiger partial charge in [0.05, 0.1) is 23.8 Å². The van der Waals surface area contributed by atoms with Crippen LogP contribution in [0.25, 0.3) is 0 Å². The topological polar surface area (TPSA) is 82.2 Å². The maximum absolute atomic E-state index is 14.2. The van der Waals surface area contributed by atoms with Crippen molar-refractivity contribution >= 4 is 29.5 Å². The maximum atomic E-state index is 14.2. The Bertz CT molecular complexity index is 1240. The number of nitrogens with one attached hydrogen (secondary N) is 1. The highest BCUT2D eigenvalue weighted by Crippen LogP contribution is 2.33. The van der Waals surface area contributed by atoms with Crippen molar-refractivity contribution in [1.82, 2.24) is 20.0 Å². The summed E-state index contributed by atoms with van der Waals surface area (Å²) < 4.78 is 19.7. The number of amides is 3. The minimum absolute atomic E-state index is 0.0482. The first-order valence-electron chi connectivity index (χ1n) is 12.8. The van der Waals surface area contributed by atoms with Gasteiger partial charge in [0.1, 0.15) is 5.82 Å². The number of ether oxygens (including phenoxy) is 1. The molecule has 1 N–H and O–H groups in total. The summed E-state index contributed by atoms with van der Waals surface area (Å²) in [5, 5.41) is 3.49. The molecule has 0 aliphatic carbocycles. The quantitative estimate of drug-likeness (QED) is 0.530. The van der Waals surface area contributed by atoms with Crippen molar-refractivity contribution in [2.45, 2.75) is 32.9 Å². The third-order valence-electron chi connectivity index (χ3n) is 6.90. The molecule has 2 aliphatic heterocycles. The van der Waals surface area contributed by atoms with Crippen LogP contribution in [0, 0.1) is 5.82 Å². The Kier molecular flexibility index (Phi) is 8.69. The molecule has 1 saturated heterocycles. The van der Waals surface area contributed by atoms with Crippen LogP contribution in [0.15, 0.2) is 59.8 Å². The highest BCUT2D eigenvalue weighted by Gasteiger charge is 2.39. The molecule has 8 nitrogen and oxygen atoms in total. The van der Waals surface area contributed by atoms with Gasteiger partial charge in [0.2, 0.25) is 0 Å². The fourth-order valence-electron chi connectivity index (χ4n) is 5.04. The summed E-state index contributed by atoms with van der Waals surface area (Å²) in [5.74, 6) is -1.39. The molecule has 1 fully saturated rings. The number of piperazine rings is 1. The number of likely N-dealkylation sites (N-methyl/N-ethyl adjacent to an activating group) is 1. The van der Waals surface area contributed by atoms with E-state index in [1.165, 1.54) is 12.1 Å². The molecule has 2 aliphatic rings. The zero-order valence-corrected chi connectivity index (χ0v) is 22.5. The van der Waals surface area contributed by atoms with Gasteiger partial charge in [-0.25, -0.2) is 14.0 Å². The molecule has 0 spiro atoms. The molecular weight excluding hydrogens is 511 g/mol. The Morgan fingerprint density at radius 1 is 1.11 bits per heavy atom. The third-order valence-corrected chi connectivity index (χ3v) is 7.16. The predicted octanol–water partition coefficient (Wildman–Crippen LogP) is 4.23. The summed E-state index contributed by atoms with van der Waals surface area (Å²) in [6.07, 6.45) is 0. The molecule has 2 atom stereocenters. The monoisotopic (exact) mass is 542 g/mol. The smallest absolute Gasteiger partial charge is 0.338 e. The lowest BCUT2D eigenvalue weighted by molar-refractivity contribution is -0.139. The van der Waals surface area contributed by atoms with Gasteiger partial charge in [0.25, 0.3) is 5.91 Å². The van der Waals surface area contributed by atoms with Crippen molar-refractivity contribution in [3.05, 3.63) is 81.8 Å². The number of carbonyl (C=O) groups excluding carboxylic acids is 3. The molecule has 202 valence electrons. The van der Waals surface area contributed by atoms with E-state index in [1.807, 2.05) is 13.8 Å². The Morgan fingerprint density at radius 3 is 2.45 bits per heavy atom. The third kappa shape index (κ3) is 5.68. The van der Waals surface area contributed by atoms with E-state index in [0.29, 0.717) is 54.6 Å². The second-order valence-corrected chi connectivity index (χ2v) is 9.76. The lowest BCUT2D eigenvalue weighted by Gasteiger charge is -2.43. The molecule has 2 aromatic carbocycles. The fourth-order valence-corrected chi connectivity index (χ4v) is 5.17. The summed E-state index contributed by atoms with van der Waals surface area (Å²) in [6, 6.07) is 11.7. The van der Waals surface area contributed by atoms with Crippen LogP contribution in [0.2, 0.25) is 5.02 Å². The second-order valence-electron chi connectivity index (χ2n) is 9.32. The standard InChI is InChI=1S/C28H32ClFN4O4/c1-4-33-23(17-32-14-15-34(18(3)16-32)26(35)21-8-6-7-9-22(21)30)24(27(36)38-5-2)25(31-28(33)37)19-10-12-20(29)13-11-19/h6-13,18,25H,4-5,14-17H2,1-3H3,(H,31,37). The zero-order valence-electron chi connectivity index (χ0n) is 21.7. The molecule has 3 amide bonds. The van der Waals surface area contributed by atoms with Crippen molar-refractivity contribution in [3.8, 4) is 0 Å². The fraction of sp³-hybridized carbons (Fsp3) is 0.393. The molecule has 2 heterocycles. The van der Waals surface area contributed by atoms with Crippen LogP contribution < -0.4 is 5.32 Å². The van der Waals surface area contributed by atoms with Crippen molar-refractivity contribution in [1.29, 1.82) is 0 Å². The van der Waals surface area contributed by atoms with Gasteiger partial charge in [0, 0.05) is 49.5 Å². The Morgan fingerprint density at radius 2 is 1.82 bits per heavy atom. The number of hydrogen-bond acceptors (Lipinski definition) is 5. The molecule has 0 bridgehead atoms. The van der Waals surface area contributed by atoms with Gasteiger partial charge >= 0.3 is 12.0 Å². The number of halogens is 2. The molecular formula is C28H32ClFN4O4. The van der Waals surface area contributed by atoms with E-state index >= 15 is 0 Å². The van der Waals surface area contributed by atoms with Crippen molar-refractivity contribution in [2.24, 2.45) is 0 Å². The first-order valence-corrected chi connectivity index (χ1v) is 13.1. The van der Waals surface area contributed by atoms with Crippen LogP contribution in [0.4, 0.5) is 9.18 Å². The number of urea groups is 1. The van der Waals surface area contributed by atoms with Crippen LogP contribution in [0.5, 0.6) is 0 Å². The Hall–Kier alpha value is -3.43. The molecule has 0 saturated carbocycles.